The molecule has 0 unspecified atom stereocenters. The monoisotopic (exact) mass is 561 g/mol. The maximum absolute atomic E-state index is 14.5. The first kappa shape index (κ1) is 21.4. The molecular formula is C23H20ClNO2S2Sn. The minimum atomic E-state index is -4.60. The number of halogens is 1. The van der Waals surface area contributed by atoms with Gasteiger partial charge in [-0.3, -0.25) is 0 Å². The van der Waals surface area contributed by atoms with Crippen LogP contribution < -0.4 is 15.0 Å². The molecule has 0 fully saturated rings. The Morgan fingerprint density at radius 3 is 1.43 bits per heavy atom. The molecular weight excluding hydrogens is 541 g/mol. The average Bonchev–Trinajstić information content (AvgIpc) is 3.22. The van der Waals surface area contributed by atoms with Crippen LogP contribution in [0.4, 0.5) is 5.00 Å². The minimum absolute atomic E-state index is 0.562. The second-order valence-electron chi connectivity index (χ2n) is 6.83. The van der Waals surface area contributed by atoms with Gasteiger partial charge in [-0.15, -0.1) is 0 Å². The number of rotatable bonds is 6. The topological polar surface area (TPSA) is 37.4 Å². The Bertz CT molecular complexity index is 1130. The number of thiophene rings is 1. The summed E-state index contributed by atoms with van der Waals surface area (Å²) in [6.45, 7) is 0. The second kappa shape index (κ2) is 8.75. The third-order valence-electron chi connectivity index (χ3n) is 5.16. The van der Waals surface area contributed by atoms with Gasteiger partial charge in [-0.1, -0.05) is 0 Å². The summed E-state index contributed by atoms with van der Waals surface area (Å²) < 4.78 is 33.8. The zero-order chi connectivity index (χ0) is 21.2. The van der Waals surface area contributed by atoms with Crippen LogP contribution in [0, 0.1) is 0 Å². The predicted octanol–water partition coefficient (Wildman–Crippen LogP) is 3.83. The summed E-state index contributed by atoms with van der Waals surface area (Å²) in [5.41, 5.74) is 0. The Morgan fingerprint density at radius 1 is 0.700 bits per heavy atom. The van der Waals surface area contributed by atoms with Crippen LogP contribution in [0.25, 0.3) is 0 Å². The third kappa shape index (κ3) is 3.58. The zero-order valence-electron chi connectivity index (χ0n) is 16.3. The van der Waals surface area contributed by atoms with Crippen LogP contribution in [0.2, 0.25) is 4.34 Å². The molecule has 152 valence electrons. The number of anilines is 1. The fraction of sp³-hybridized carbons (Fsp3) is 0.0435. The summed E-state index contributed by atoms with van der Waals surface area (Å²) in [6, 6.07) is 32.6. The Balaban J connectivity index is 2.10. The van der Waals surface area contributed by atoms with Crippen molar-refractivity contribution in [2.45, 2.75) is 0 Å². The van der Waals surface area contributed by atoms with Crippen molar-refractivity contribution in [2.24, 2.45) is 0 Å². The van der Waals surface area contributed by atoms with Gasteiger partial charge in [0.05, 0.1) is 0 Å². The average molecular weight is 561 g/mol. The van der Waals surface area contributed by atoms with Gasteiger partial charge >= 0.3 is 190 Å². The number of hydrogen-bond acceptors (Lipinski definition) is 3. The molecule has 0 aliphatic rings. The van der Waals surface area contributed by atoms with Gasteiger partial charge in [-0.05, 0) is 0 Å². The van der Waals surface area contributed by atoms with Crippen LogP contribution in [0.5, 0.6) is 0 Å². The molecule has 0 aliphatic carbocycles. The Morgan fingerprint density at radius 2 is 1.10 bits per heavy atom. The normalized spacial score (nSPS) is 11.9. The summed E-state index contributed by atoms with van der Waals surface area (Å²) in [6.07, 6.45) is 0. The first-order valence-corrected chi connectivity index (χ1v) is 19.8. The van der Waals surface area contributed by atoms with E-state index < -0.39 is 24.2 Å². The Kier molecular flexibility index (Phi) is 6.25. The van der Waals surface area contributed by atoms with Gasteiger partial charge in [0.15, 0.2) is 0 Å². The standard InChI is InChI=1S/3C6H5.C5H5ClNO2S2.Sn/c3*1-2-4-6-5-3-1;1-7(11(8)9)5-3-2-4(6)10-5;/h3*1-5H;2-3H,1H3;. The molecule has 30 heavy (non-hydrogen) atoms. The summed E-state index contributed by atoms with van der Waals surface area (Å²) in [4.78, 5) is 0. The van der Waals surface area contributed by atoms with Gasteiger partial charge in [-0.25, -0.2) is 0 Å². The molecule has 0 bridgehead atoms. The van der Waals surface area contributed by atoms with Gasteiger partial charge in [-0.2, -0.15) is 0 Å². The molecule has 7 heteroatoms. The van der Waals surface area contributed by atoms with Crippen LogP contribution in [0.3, 0.4) is 0 Å². The molecule has 0 saturated carbocycles. The van der Waals surface area contributed by atoms with E-state index in [1.165, 1.54) is 15.6 Å². The van der Waals surface area contributed by atoms with E-state index in [2.05, 4.69) is 0 Å². The Hall–Kier alpha value is -1.80. The first-order valence-electron chi connectivity index (χ1n) is 9.38. The van der Waals surface area contributed by atoms with Crippen molar-refractivity contribution in [3.05, 3.63) is 107 Å². The van der Waals surface area contributed by atoms with E-state index >= 15 is 0 Å². The maximum atomic E-state index is 14.5. The van der Waals surface area contributed by atoms with E-state index in [1.54, 1.807) is 19.2 Å². The van der Waals surface area contributed by atoms with Crippen molar-refractivity contribution in [2.75, 3.05) is 11.4 Å². The van der Waals surface area contributed by atoms with E-state index in [-0.39, 0.29) is 0 Å². The second-order valence-corrected chi connectivity index (χ2v) is 27.4. The number of benzene rings is 3. The Labute approximate surface area is 189 Å². The van der Waals surface area contributed by atoms with Gasteiger partial charge in [0.25, 0.3) is 0 Å². The molecule has 0 aliphatic heterocycles. The van der Waals surface area contributed by atoms with E-state index in [0.29, 0.717) is 9.34 Å². The molecule has 1 aromatic heterocycles. The third-order valence-corrected chi connectivity index (χ3v) is 31.8. The quantitative estimate of drug-likeness (QED) is 0.336. The summed E-state index contributed by atoms with van der Waals surface area (Å²) in [5, 5.41) is 0.615. The molecule has 3 aromatic carbocycles. The fourth-order valence-electron chi connectivity index (χ4n) is 3.76. The van der Waals surface area contributed by atoms with Crippen molar-refractivity contribution < 1.29 is 8.42 Å². The van der Waals surface area contributed by atoms with Crippen molar-refractivity contribution in [1.82, 2.24) is 0 Å². The molecule has 0 N–H and O–H groups in total. The van der Waals surface area contributed by atoms with Crippen LogP contribution in [0.1, 0.15) is 0 Å². The predicted molar refractivity (Wildman–Crippen MR) is 131 cm³/mol. The van der Waals surface area contributed by atoms with E-state index in [1.807, 2.05) is 91.0 Å². The SMILES string of the molecule is CN(c1ccc(Cl)s1)[S](=O)(=O)[Sn]([c]1ccccc1)([c]1ccccc1)[c]1ccccc1. The number of hydrogen-bond donors (Lipinski definition) is 0. The van der Waals surface area contributed by atoms with Crippen molar-refractivity contribution >= 4 is 62.9 Å². The molecule has 3 nitrogen and oxygen atoms in total. The van der Waals surface area contributed by atoms with Crippen molar-refractivity contribution in [3.63, 3.8) is 0 Å². The van der Waals surface area contributed by atoms with Gasteiger partial charge < -0.3 is 0 Å². The van der Waals surface area contributed by atoms with Crippen LogP contribution in [-0.2, 0) is 7.21 Å². The fourth-order valence-corrected chi connectivity index (χ4v) is 30.5. The van der Waals surface area contributed by atoms with Crippen LogP contribution in [0.15, 0.2) is 103 Å². The van der Waals surface area contributed by atoms with Gasteiger partial charge in [0.2, 0.25) is 0 Å². The molecule has 0 saturated heterocycles. The van der Waals surface area contributed by atoms with E-state index in [9.17, 15) is 8.42 Å². The molecule has 4 aromatic rings. The summed E-state index contributed by atoms with van der Waals surface area (Å²) in [5.74, 6) is 0. The summed E-state index contributed by atoms with van der Waals surface area (Å²) >= 11 is 2.80. The molecule has 0 spiro atoms. The zero-order valence-corrected chi connectivity index (χ0v) is 21.5. The molecule has 0 amide bonds. The van der Waals surface area contributed by atoms with E-state index in [0.717, 1.165) is 10.7 Å². The molecule has 0 radical (unpaired) electrons. The molecule has 1 heterocycles. The van der Waals surface area contributed by atoms with Gasteiger partial charge in [0.1, 0.15) is 0 Å². The van der Waals surface area contributed by atoms with Crippen LogP contribution >= 0.6 is 22.9 Å². The van der Waals surface area contributed by atoms with Crippen molar-refractivity contribution in [3.8, 4) is 0 Å². The first-order chi connectivity index (χ1) is 14.5. The summed E-state index contributed by atoms with van der Waals surface area (Å²) in [7, 11) is -2.13. The molecule has 4 rings (SSSR count). The van der Waals surface area contributed by atoms with Gasteiger partial charge in [0, 0.05) is 0 Å². The molecule has 0 atom stereocenters. The number of nitrogens with zero attached hydrogens (tertiary/aromatic N) is 1. The van der Waals surface area contributed by atoms with E-state index in [4.69, 9.17) is 11.6 Å². The van der Waals surface area contributed by atoms with Crippen molar-refractivity contribution in [1.29, 1.82) is 0 Å². The van der Waals surface area contributed by atoms with Crippen LogP contribution in [-0.4, -0.2) is 32.5 Å².